The number of benzene rings is 1. The number of pyridine rings is 1. The predicted molar refractivity (Wildman–Crippen MR) is 78.4 cm³/mol. The van der Waals surface area contributed by atoms with E-state index in [0.29, 0.717) is 11.7 Å². The number of rotatable bonds is 2. The minimum Gasteiger partial charge on any atom is -0.383 e. The molecule has 0 unspecified atom stereocenters. The summed E-state index contributed by atoms with van der Waals surface area (Å²) in [6.45, 7) is 6.43. The van der Waals surface area contributed by atoms with Crippen LogP contribution in [0.1, 0.15) is 25.0 Å². The Morgan fingerprint density at radius 3 is 2.17 bits per heavy atom. The predicted octanol–water partition coefficient (Wildman–Crippen LogP) is 3.86. The van der Waals surface area contributed by atoms with E-state index in [1.165, 1.54) is 5.56 Å². The third-order valence-corrected chi connectivity index (χ3v) is 2.49. The Kier molecular flexibility index (Phi) is 5.92. The molecule has 1 aromatic heterocycles. The van der Waals surface area contributed by atoms with Crippen LogP contribution in [-0.4, -0.2) is 4.98 Å². The van der Waals surface area contributed by atoms with Gasteiger partial charge < -0.3 is 5.73 Å². The highest BCUT2D eigenvalue weighted by Gasteiger charge is 2.00. The van der Waals surface area contributed by atoms with E-state index in [1.807, 2.05) is 30.3 Å². The summed E-state index contributed by atoms with van der Waals surface area (Å²) in [6.07, 6.45) is 2.73. The van der Waals surface area contributed by atoms with Crippen LogP contribution in [0.5, 0.6) is 0 Å². The van der Waals surface area contributed by atoms with Gasteiger partial charge in [0.1, 0.15) is 5.82 Å². The number of nitrogen functional groups attached to an aromatic ring is 1. The molecular formula is C16H22N2. The Bertz CT molecular complexity index is 450. The van der Waals surface area contributed by atoms with Crippen molar-refractivity contribution in [2.75, 3.05) is 5.73 Å². The molecule has 0 bridgehead atoms. The Hall–Kier alpha value is -1.83. The van der Waals surface area contributed by atoms with Crippen molar-refractivity contribution in [2.45, 2.75) is 27.2 Å². The fraction of sp³-hybridized carbons (Fsp3) is 0.312. The molecule has 0 saturated carbocycles. The molecule has 0 amide bonds. The van der Waals surface area contributed by atoms with Crippen molar-refractivity contribution < 1.29 is 0 Å². The van der Waals surface area contributed by atoms with E-state index < -0.39 is 0 Å². The minimum atomic E-state index is 0.640. The molecule has 0 aliphatic carbocycles. The van der Waals surface area contributed by atoms with E-state index >= 15 is 0 Å². The van der Waals surface area contributed by atoms with Crippen LogP contribution in [0.2, 0.25) is 0 Å². The molecule has 1 heterocycles. The third kappa shape index (κ3) is 5.48. The largest absolute Gasteiger partial charge is 0.383 e. The van der Waals surface area contributed by atoms with Crippen LogP contribution in [0, 0.1) is 12.8 Å². The second-order valence-electron chi connectivity index (χ2n) is 4.80. The first-order valence-corrected chi connectivity index (χ1v) is 6.30. The number of hydrogen-bond acceptors (Lipinski definition) is 2. The summed E-state index contributed by atoms with van der Waals surface area (Å²) >= 11 is 0. The first-order chi connectivity index (χ1) is 8.59. The summed E-state index contributed by atoms with van der Waals surface area (Å²) in [6, 6.07) is 14.2. The molecular weight excluding hydrogens is 220 g/mol. The molecule has 2 heteroatoms. The standard InChI is InChI=1S/C9H14N2.C7H8/c1-7(2)6-8-4-3-5-11-9(8)10;1-7-5-3-2-4-6-7/h3-5,7H,6H2,1-2H3,(H2,10,11);2-6H,1H3. The van der Waals surface area contributed by atoms with Gasteiger partial charge in [-0.3, -0.25) is 0 Å². The van der Waals surface area contributed by atoms with Crippen molar-refractivity contribution in [3.05, 3.63) is 59.8 Å². The lowest BCUT2D eigenvalue weighted by atomic mass is 10.0. The molecule has 18 heavy (non-hydrogen) atoms. The maximum atomic E-state index is 5.66. The average molecular weight is 242 g/mol. The third-order valence-electron chi connectivity index (χ3n) is 2.49. The topological polar surface area (TPSA) is 38.9 Å². The Balaban J connectivity index is 0.000000199. The Morgan fingerprint density at radius 2 is 1.72 bits per heavy atom. The Labute approximate surface area is 110 Å². The number of anilines is 1. The molecule has 0 aliphatic rings. The van der Waals surface area contributed by atoms with Crippen LogP contribution in [0.3, 0.4) is 0 Å². The van der Waals surface area contributed by atoms with Gasteiger partial charge in [-0.2, -0.15) is 0 Å². The van der Waals surface area contributed by atoms with Gasteiger partial charge in [-0.15, -0.1) is 0 Å². The van der Waals surface area contributed by atoms with Crippen molar-refractivity contribution in [1.29, 1.82) is 0 Å². The smallest absolute Gasteiger partial charge is 0.126 e. The van der Waals surface area contributed by atoms with E-state index in [2.05, 4.69) is 37.9 Å². The number of nitrogens with zero attached hydrogens (tertiary/aromatic N) is 1. The maximum Gasteiger partial charge on any atom is 0.126 e. The van der Waals surface area contributed by atoms with E-state index in [1.54, 1.807) is 6.20 Å². The first-order valence-electron chi connectivity index (χ1n) is 6.30. The van der Waals surface area contributed by atoms with Crippen molar-refractivity contribution in [1.82, 2.24) is 4.98 Å². The summed E-state index contributed by atoms with van der Waals surface area (Å²) < 4.78 is 0. The van der Waals surface area contributed by atoms with Crippen LogP contribution in [0.25, 0.3) is 0 Å². The van der Waals surface area contributed by atoms with Gasteiger partial charge in [-0.25, -0.2) is 4.98 Å². The van der Waals surface area contributed by atoms with Crippen LogP contribution in [0.4, 0.5) is 5.82 Å². The monoisotopic (exact) mass is 242 g/mol. The average Bonchev–Trinajstić information content (AvgIpc) is 2.33. The summed E-state index contributed by atoms with van der Waals surface area (Å²) in [5.41, 5.74) is 8.13. The number of hydrogen-bond donors (Lipinski definition) is 1. The molecule has 0 fully saturated rings. The van der Waals surface area contributed by atoms with E-state index in [-0.39, 0.29) is 0 Å². The maximum absolute atomic E-state index is 5.66. The fourth-order valence-corrected chi connectivity index (χ4v) is 1.60. The molecule has 0 spiro atoms. The van der Waals surface area contributed by atoms with Crippen LogP contribution in [0.15, 0.2) is 48.7 Å². The summed E-state index contributed by atoms with van der Waals surface area (Å²) in [4.78, 5) is 4.01. The highest BCUT2D eigenvalue weighted by molar-refractivity contribution is 5.38. The lowest BCUT2D eigenvalue weighted by Crippen LogP contribution is -2.00. The minimum absolute atomic E-state index is 0.640. The van der Waals surface area contributed by atoms with Crippen molar-refractivity contribution in [3.63, 3.8) is 0 Å². The molecule has 2 nitrogen and oxygen atoms in total. The number of aryl methyl sites for hydroxylation is 1. The molecule has 96 valence electrons. The van der Waals surface area contributed by atoms with Gasteiger partial charge in [0.2, 0.25) is 0 Å². The lowest BCUT2D eigenvalue weighted by Gasteiger charge is -2.05. The molecule has 2 N–H and O–H groups in total. The van der Waals surface area contributed by atoms with Gasteiger partial charge in [0.05, 0.1) is 0 Å². The molecule has 0 saturated heterocycles. The fourth-order valence-electron chi connectivity index (χ4n) is 1.60. The summed E-state index contributed by atoms with van der Waals surface area (Å²) in [5, 5.41) is 0. The van der Waals surface area contributed by atoms with E-state index in [9.17, 15) is 0 Å². The van der Waals surface area contributed by atoms with Gasteiger partial charge >= 0.3 is 0 Å². The SMILES string of the molecule is CC(C)Cc1cccnc1N.Cc1ccccc1. The highest BCUT2D eigenvalue weighted by atomic mass is 14.8. The highest BCUT2D eigenvalue weighted by Crippen LogP contribution is 2.12. The van der Waals surface area contributed by atoms with Crippen molar-refractivity contribution >= 4 is 5.82 Å². The molecule has 2 rings (SSSR count). The molecule has 0 atom stereocenters. The van der Waals surface area contributed by atoms with Gasteiger partial charge in [-0.1, -0.05) is 55.8 Å². The van der Waals surface area contributed by atoms with Crippen molar-refractivity contribution in [2.24, 2.45) is 5.92 Å². The molecule has 0 aliphatic heterocycles. The number of nitrogens with two attached hydrogens (primary N) is 1. The zero-order valence-electron chi connectivity index (χ0n) is 11.4. The second-order valence-corrected chi connectivity index (χ2v) is 4.80. The second kappa shape index (κ2) is 7.49. The quantitative estimate of drug-likeness (QED) is 0.868. The lowest BCUT2D eigenvalue weighted by molar-refractivity contribution is 0.647. The summed E-state index contributed by atoms with van der Waals surface area (Å²) in [5.74, 6) is 1.31. The number of aromatic nitrogens is 1. The molecule has 1 aromatic carbocycles. The van der Waals surface area contributed by atoms with Gasteiger partial charge in [-0.05, 0) is 30.9 Å². The normalized spacial score (nSPS) is 9.78. The first kappa shape index (κ1) is 14.2. The van der Waals surface area contributed by atoms with E-state index in [0.717, 1.165) is 12.0 Å². The van der Waals surface area contributed by atoms with Gasteiger partial charge in [0.25, 0.3) is 0 Å². The van der Waals surface area contributed by atoms with E-state index in [4.69, 9.17) is 5.73 Å². The molecule has 2 aromatic rings. The van der Waals surface area contributed by atoms with Crippen molar-refractivity contribution in [3.8, 4) is 0 Å². The molecule has 0 radical (unpaired) electrons. The van der Waals surface area contributed by atoms with Gasteiger partial charge in [0, 0.05) is 6.20 Å². The zero-order valence-corrected chi connectivity index (χ0v) is 11.4. The zero-order chi connectivity index (χ0) is 13.4. The van der Waals surface area contributed by atoms with Crippen LogP contribution >= 0.6 is 0 Å². The Morgan fingerprint density at radius 1 is 1.06 bits per heavy atom. The van der Waals surface area contributed by atoms with Gasteiger partial charge in [0.15, 0.2) is 0 Å². The van der Waals surface area contributed by atoms with Crippen LogP contribution < -0.4 is 5.73 Å². The van der Waals surface area contributed by atoms with Crippen LogP contribution in [-0.2, 0) is 6.42 Å². The summed E-state index contributed by atoms with van der Waals surface area (Å²) in [7, 11) is 0.